The molecular formula is C19H13F6N5O2. The van der Waals surface area contributed by atoms with E-state index in [0.29, 0.717) is 29.7 Å². The van der Waals surface area contributed by atoms with E-state index in [0.717, 1.165) is 13.4 Å². The Morgan fingerprint density at radius 1 is 1.16 bits per heavy atom. The van der Waals surface area contributed by atoms with Gasteiger partial charge in [0.2, 0.25) is 5.60 Å². The fourth-order valence-electron chi connectivity index (χ4n) is 3.64. The molecule has 13 heteroatoms. The molecule has 1 aliphatic rings. The van der Waals surface area contributed by atoms with Crippen LogP contribution < -0.4 is 5.56 Å². The molecule has 7 nitrogen and oxygen atoms in total. The predicted molar refractivity (Wildman–Crippen MR) is 96.3 cm³/mol. The van der Waals surface area contributed by atoms with Crippen molar-refractivity contribution < 1.29 is 31.4 Å². The van der Waals surface area contributed by atoms with Crippen LogP contribution in [0.1, 0.15) is 41.3 Å². The number of nitriles is 1. The molecule has 1 fully saturated rings. The second kappa shape index (κ2) is 6.80. The molecule has 0 amide bonds. The van der Waals surface area contributed by atoms with Gasteiger partial charge in [-0.1, -0.05) is 6.07 Å². The lowest BCUT2D eigenvalue weighted by Gasteiger charge is -2.31. The summed E-state index contributed by atoms with van der Waals surface area (Å²) >= 11 is 0. The molecule has 0 radical (unpaired) electrons. The van der Waals surface area contributed by atoms with E-state index in [1.54, 1.807) is 0 Å². The van der Waals surface area contributed by atoms with Gasteiger partial charge >= 0.3 is 12.4 Å². The molecule has 1 atom stereocenters. The van der Waals surface area contributed by atoms with Crippen molar-refractivity contribution in [3.8, 4) is 6.07 Å². The van der Waals surface area contributed by atoms with Gasteiger partial charge in [-0.15, -0.1) is 0 Å². The molecule has 1 aliphatic carbocycles. The Morgan fingerprint density at radius 2 is 1.81 bits per heavy atom. The maximum absolute atomic E-state index is 14.2. The van der Waals surface area contributed by atoms with Gasteiger partial charge in [0.15, 0.2) is 5.52 Å². The van der Waals surface area contributed by atoms with Crippen LogP contribution in [0.4, 0.5) is 26.3 Å². The maximum Gasteiger partial charge on any atom is 0.427 e. The van der Waals surface area contributed by atoms with Gasteiger partial charge in [0.1, 0.15) is 11.2 Å². The number of benzene rings is 1. The van der Waals surface area contributed by atoms with Crippen LogP contribution in [0.3, 0.4) is 0 Å². The minimum atomic E-state index is -5.47. The van der Waals surface area contributed by atoms with Crippen LogP contribution in [0.2, 0.25) is 0 Å². The predicted octanol–water partition coefficient (Wildman–Crippen LogP) is 3.15. The van der Waals surface area contributed by atoms with Gasteiger partial charge in [-0.2, -0.15) is 36.7 Å². The van der Waals surface area contributed by atoms with Crippen LogP contribution in [0.15, 0.2) is 29.3 Å². The van der Waals surface area contributed by atoms with Crippen molar-refractivity contribution in [1.82, 2.24) is 19.3 Å². The zero-order valence-corrected chi connectivity index (χ0v) is 16.2. The Hall–Kier alpha value is -3.40. The Labute approximate surface area is 175 Å². The molecule has 4 rings (SSSR count). The first-order valence-corrected chi connectivity index (χ1v) is 9.16. The van der Waals surface area contributed by atoms with E-state index >= 15 is 0 Å². The molecule has 168 valence electrons. The molecule has 0 unspecified atom stereocenters. The number of nitrogens with zero attached hydrogens (tertiary/aromatic N) is 5. The minimum Gasteiger partial charge on any atom is -0.371 e. The van der Waals surface area contributed by atoms with E-state index in [1.807, 2.05) is 0 Å². The van der Waals surface area contributed by atoms with Crippen molar-refractivity contribution >= 4 is 11.0 Å². The molecule has 32 heavy (non-hydrogen) atoms. The van der Waals surface area contributed by atoms with Gasteiger partial charge < -0.3 is 5.11 Å². The summed E-state index contributed by atoms with van der Waals surface area (Å²) in [6.45, 7) is 0. The summed E-state index contributed by atoms with van der Waals surface area (Å²) in [7, 11) is 1.05. The summed E-state index contributed by atoms with van der Waals surface area (Å²) in [5, 5.41) is 23.8. The second-order valence-electron chi connectivity index (χ2n) is 7.44. The molecule has 0 aliphatic heterocycles. The van der Waals surface area contributed by atoms with E-state index in [1.165, 1.54) is 10.6 Å². The van der Waals surface area contributed by atoms with E-state index in [2.05, 4.69) is 10.1 Å². The number of fused-ring (bicyclic) bond motifs is 1. The van der Waals surface area contributed by atoms with Crippen molar-refractivity contribution in [1.29, 1.82) is 5.26 Å². The van der Waals surface area contributed by atoms with Gasteiger partial charge in [0.25, 0.3) is 5.56 Å². The largest absolute Gasteiger partial charge is 0.427 e. The average Bonchev–Trinajstić information content (AvgIpc) is 3.47. The van der Waals surface area contributed by atoms with Crippen molar-refractivity contribution in [3.63, 3.8) is 0 Å². The zero-order valence-electron chi connectivity index (χ0n) is 16.2. The monoisotopic (exact) mass is 457 g/mol. The molecule has 2 heterocycles. The quantitative estimate of drug-likeness (QED) is 0.610. The number of halogens is 6. The van der Waals surface area contributed by atoms with E-state index < -0.39 is 56.9 Å². The van der Waals surface area contributed by atoms with Crippen LogP contribution in [-0.2, 0) is 18.8 Å². The first-order chi connectivity index (χ1) is 14.8. The molecule has 3 aromatic rings. The number of hydrogen-bond donors (Lipinski definition) is 1. The Balaban J connectivity index is 2.01. The lowest BCUT2D eigenvalue weighted by Crippen LogP contribution is -2.45. The highest BCUT2D eigenvalue weighted by atomic mass is 19.4. The van der Waals surface area contributed by atoms with Gasteiger partial charge in [-0.3, -0.25) is 14.0 Å². The Kier molecular flexibility index (Phi) is 4.63. The van der Waals surface area contributed by atoms with Crippen LogP contribution in [-0.4, -0.2) is 30.6 Å². The Morgan fingerprint density at radius 3 is 2.34 bits per heavy atom. The molecule has 0 spiro atoms. The summed E-state index contributed by atoms with van der Waals surface area (Å²) in [5.74, 6) is 0. The number of aryl methyl sites for hydroxylation is 1. The normalized spacial score (nSPS) is 16.7. The van der Waals surface area contributed by atoms with E-state index in [9.17, 15) is 36.2 Å². The zero-order chi connectivity index (χ0) is 23.6. The number of alkyl halides is 6. The summed E-state index contributed by atoms with van der Waals surface area (Å²) in [4.78, 5) is 16.6. The van der Waals surface area contributed by atoms with Gasteiger partial charge in [-0.05, 0) is 25.0 Å². The smallest absolute Gasteiger partial charge is 0.371 e. The van der Waals surface area contributed by atoms with Crippen molar-refractivity contribution in [2.75, 3.05) is 0 Å². The Bertz CT molecular complexity index is 1330. The highest BCUT2D eigenvalue weighted by Crippen LogP contribution is 2.47. The van der Waals surface area contributed by atoms with Crippen LogP contribution >= 0.6 is 0 Å². The number of hydrogen-bond acceptors (Lipinski definition) is 5. The standard InChI is InChI=1S/C19H13F6N5O2/c1-29-15(13-14(28-29)16(31)30(8-27-13)11-3-4-11)17(32,19(23,24)25)10-2-5-12(18(20,21)22)9(6-10)7-26/h2,5-6,8,11,32H,3-4H2,1H3/t17-/m0/s1. The molecule has 0 bridgehead atoms. The molecule has 1 saturated carbocycles. The maximum atomic E-state index is 14.2. The fraction of sp³-hybridized carbons (Fsp3) is 0.368. The third-order valence-corrected chi connectivity index (χ3v) is 5.33. The van der Waals surface area contributed by atoms with Crippen LogP contribution in [0, 0.1) is 11.3 Å². The average molecular weight is 457 g/mol. The number of aromatic nitrogens is 4. The van der Waals surface area contributed by atoms with Crippen molar-refractivity contribution in [2.24, 2.45) is 7.05 Å². The highest BCUT2D eigenvalue weighted by Gasteiger charge is 2.59. The van der Waals surface area contributed by atoms with Gasteiger partial charge in [-0.25, -0.2) is 4.98 Å². The number of aliphatic hydroxyl groups is 1. The highest BCUT2D eigenvalue weighted by molar-refractivity contribution is 5.78. The summed E-state index contributed by atoms with van der Waals surface area (Å²) in [6.07, 6.45) is -8.01. The SMILES string of the molecule is Cn1nc2c(=O)n(C3CC3)cnc2c1[C@@](O)(c1ccc(C(F)(F)F)c(C#N)c1)C(F)(F)F. The second-order valence-corrected chi connectivity index (χ2v) is 7.44. The summed E-state index contributed by atoms with van der Waals surface area (Å²) < 4.78 is 83.9. The molecule has 1 N–H and O–H groups in total. The minimum absolute atomic E-state index is 0.139. The fourth-order valence-corrected chi connectivity index (χ4v) is 3.64. The third-order valence-electron chi connectivity index (χ3n) is 5.33. The lowest BCUT2D eigenvalue weighted by molar-refractivity contribution is -0.250. The molecule has 2 aromatic heterocycles. The summed E-state index contributed by atoms with van der Waals surface area (Å²) in [5.41, 5.74) is -10.1. The van der Waals surface area contributed by atoms with Crippen LogP contribution in [0.25, 0.3) is 11.0 Å². The molecular weight excluding hydrogens is 444 g/mol. The first-order valence-electron chi connectivity index (χ1n) is 9.16. The summed E-state index contributed by atoms with van der Waals surface area (Å²) in [6, 6.07) is 2.11. The van der Waals surface area contributed by atoms with Gasteiger partial charge in [0.05, 0.1) is 23.5 Å². The molecule has 0 saturated heterocycles. The lowest BCUT2D eigenvalue weighted by atomic mass is 9.86. The third kappa shape index (κ3) is 3.13. The van der Waals surface area contributed by atoms with Gasteiger partial charge in [0, 0.05) is 18.7 Å². The van der Waals surface area contributed by atoms with Crippen LogP contribution in [0.5, 0.6) is 0 Å². The molecule has 1 aromatic carbocycles. The van der Waals surface area contributed by atoms with E-state index in [4.69, 9.17) is 5.26 Å². The first kappa shape index (κ1) is 21.8. The van der Waals surface area contributed by atoms with E-state index in [-0.39, 0.29) is 12.1 Å². The van der Waals surface area contributed by atoms with Crippen molar-refractivity contribution in [2.45, 2.75) is 36.8 Å². The van der Waals surface area contributed by atoms with Crippen molar-refractivity contribution in [3.05, 3.63) is 57.3 Å². The topological polar surface area (TPSA) is 96.7 Å². The number of rotatable bonds is 3.